The van der Waals surface area contributed by atoms with Crippen molar-refractivity contribution in [3.8, 4) is 0 Å². The minimum Gasteiger partial charge on any atom is -0.0836 e. The van der Waals surface area contributed by atoms with Crippen LogP contribution < -0.4 is 0 Å². The Labute approximate surface area is 58.0 Å². The second kappa shape index (κ2) is 2.26. The number of hydrogen-bond acceptors (Lipinski definition) is 0. The Bertz CT molecular complexity index is 166. The van der Waals surface area contributed by atoms with Crippen LogP contribution >= 0.6 is 23.2 Å². The Morgan fingerprint density at radius 1 is 1.38 bits per heavy atom. The Balaban J connectivity index is 3.08. The first kappa shape index (κ1) is 5.75. The van der Waals surface area contributed by atoms with Crippen LogP contribution in [0.15, 0.2) is 12.1 Å². The first-order valence-corrected chi connectivity index (χ1v) is 2.79. The summed E-state index contributed by atoms with van der Waals surface area (Å²) in [6, 6.07) is 8.48. The van der Waals surface area contributed by atoms with Gasteiger partial charge in [0.2, 0.25) is 0 Å². The fourth-order valence-electron chi connectivity index (χ4n) is 0.373. The third-order valence-corrected chi connectivity index (χ3v) is 1.09. The second-order valence-corrected chi connectivity index (χ2v) is 2.13. The van der Waals surface area contributed by atoms with Crippen molar-refractivity contribution in [2.75, 3.05) is 0 Å². The van der Waals surface area contributed by atoms with Crippen LogP contribution in [0.3, 0.4) is 0 Å². The maximum absolute atomic E-state index is 5.51. The van der Waals surface area contributed by atoms with Gasteiger partial charge in [-0.05, 0) is 12.1 Å². The maximum Gasteiger partial charge on any atom is 0.0922 e. The van der Waals surface area contributed by atoms with Gasteiger partial charge in [0.05, 0.1) is 10.0 Å². The largest absolute Gasteiger partial charge is 0.0922 e. The molecule has 0 bridgehead atoms. The molecular weight excluding hydrogens is 143 g/mol. The summed E-state index contributed by atoms with van der Waals surface area (Å²) in [5.41, 5.74) is 0. The van der Waals surface area contributed by atoms with Crippen molar-refractivity contribution in [1.82, 2.24) is 0 Å². The van der Waals surface area contributed by atoms with Gasteiger partial charge < -0.3 is 0 Å². The van der Waals surface area contributed by atoms with Gasteiger partial charge in [0.15, 0.2) is 0 Å². The van der Waals surface area contributed by atoms with Gasteiger partial charge in [0.1, 0.15) is 0 Å². The fourth-order valence-corrected chi connectivity index (χ4v) is 0.764. The van der Waals surface area contributed by atoms with E-state index in [9.17, 15) is 0 Å². The zero-order valence-electron chi connectivity index (χ0n) is 3.91. The second-order valence-electron chi connectivity index (χ2n) is 1.29. The zero-order chi connectivity index (χ0) is 5.98. The lowest BCUT2D eigenvalue weighted by atomic mass is 10.4. The maximum atomic E-state index is 5.51. The molecule has 1 rings (SSSR count). The SMILES string of the molecule is Clc1c#ccc(Cl)c1. The van der Waals surface area contributed by atoms with E-state index in [4.69, 9.17) is 23.2 Å². The van der Waals surface area contributed by atoms with Crippen molar-refractivity contribution < 1.29 is 0 Å². The lowest BCUT2D eigenvalue weighted by molar-refractivity contribution is 1.75. The highest BCUT2D eigenvalue weighted by atomic mass is 35.5. The van der Waals surface area contributed by atoms with Gasteiger partial charge in [0.25, 0.3) is 0 Å². The Morgan fingerprint density at radius 2 is 2.12 bits per heavy atom. The van der Waals surface area contributed by atoms with E-state index in [1.807, 2.05) is 0 Å². The van der Waals surface area contributed by atoms with E-state index in [1.54, 1.807) is 12.1 Å². The third kappa shape index (κ3) is 1.30. The molecule has 0 unspecified atom stereocenters. The summed E-state index contributed by atoms with van der Waals surface area (Å²) in [6.07, 6.45) is 0. The lowest BCUT2D eigenvalue weighted by Crippen LogP contribution is -1.57. The molecule has 0 fully saturated rings. The van der Waals surface area contributed by atoms with Crippen molar-refractivity contribution in [1.29, 1.82) is 0 Å². The first-order chi connectivity index (χ1) is 3.79. The van der Waals surface area contributed by atoms with Gasteiger partial charge in [-0.3, -0.25) is 0 Å². The number of halogens is 2. The van der Waals surface area contributed by atoms with Crippen LogP contribution in [0.1, 0.15) is 0 Å². The molecule has 0 saturated heterocycles. The van der Waals surface area contributed by atoms with Gasteiger partial charge in [0, 0.05) is 6.07 Å². The fraction of sp³-hybridized carbons (Fsp3) is 0. The van der Waals surface area contributed by atoms with E-state index in [1.165, 1.54) is 0 Å². The van der Waals surface area contributed by atoms with Gasteiger partial charge in [-0.1, -0.05) is 29.3 Å². The average Bonchev–Trinajstić information content (AvgIpc) is 1.64. The van der Waals surface area contributed by atoms with Crippen LogP contribution in [0.2, 0.25) is 10.0 Å². The molecule has 0 amide bonds. The number of rotatable bonds is 0. The molecule has 8 heavy (non-hydrogen) atoms. The van der Waals surface area contributed by atoms with Crippen molar-refractivity contribution in [2.24, 2.45) is 0 Å². The minimum atomic E-state index is 0.498. The molecule has 0 nitrogen and oxygen atoms in total. The van der Waals surface area contributed by atoms with Crippen LogP contribution in [-0.4, -0.2) is 0 Å². The van der Waals surface area contributed by atoms with Crippen LogP contribution in [0.4, 0.5) is 0 Å². The molecule has 0 heterocycles. The van der Waals surface area contributed by atoms with E-state index in [0.29, 0.717) is 10.0 Å². The molecule has 0 atom stereocenters. The predicted octanol–water partition coefficient (Wildman–Crippen LogP) is 2.59. The van der Waals surface area contributed by atoms with Crippen LogP contribution in [0.5, 0.6) is 0 Å². The normalized spacial score (nSPS) is 8.25. The molecule has 0 aliphatic rings. The molecule has 0 saturated carbocycles. The molecule has 0 spiro atoms. The highest BCUT2D eigenvalue weighted by molar-refractivity contribution is 6.34. The standard InChI is InChI=1S/C6H2Cl2/c7-5-2-1-3-6(8)4-5/h2,4H. The highest BCUT2D eigenvalue weighted by Crippen LogP contribution is 2.10. The molecule has 40 valence electrons. The Morgan fingerprint density at radius 3 is 2.50 bits per heavy atom. The Kier molecular flexibility index (Phi) is 1.62. The van der Waals surface area contributed by atoms with Crippen molar-refractivity contribution in [2.45, 2.75) is 0 Å². The van der Waals surface area contributed by atoms with Gasteiger partial charge >= 0.3 is 0 Å². The smallest absolute Gasteiger partial charge is 0.0836 e. The van der Waals surface area contributed by atoms with Crippen LogP contribution in [0, 0.1) is 12.1 Å². The van der Waals surface area contributed by atoms with Gasteiger partial charge in [-0.15, -0.1) is 0 Å². The quantitative estimate of drug-likeness (QED) is 0.526. The monoisotopic (exact) mass is 144 g/mol. The molecule has 0 radical (unpaired) electrons. The summed E-state index contributed by atoms with van der Waals surface area (Å²) in [5.74, 6) is 0. The third-order valence-electron chi connectivity index (χ3n) is 0.666. The predicted molar refractivity (Wildman–Crippen MR) is 34.1 cm³/mol. The van der Waals surface area contributed by atoms with Crippen molar-refractivity contribution in [3.63, 3.8) is 0 Å². The molecule has 0 aliphatic heterocycles. The summed E-state index contributed by atoms with van der Waals surface area (Å²) in [6.45, 7) is 0. The molecule has 2 heteroatoms. The Hall–Kier alpha value is -0.380. The summed E-state index contributed by atoms with van der Waals surface area (Å²) in [5, 5.41) is 1.09. The van der Waals surface area contributed by atoms with Crippen molar-refractivity contribution >= 4 is 23.2 Å². The van der Waals surface area contributed by atoms with Gasteiger partial charge in [-0.25, -0.2) is 0 Å². The van der Waals surface area contributed by atoms with E-state index in [-0.39, 0.29) is 0 Å². The topological polar surface area (TPSA) is 0 Å². The average molecular weight is 145 g/mol. The van der Waals surface area contributed by atoms with Crippen LogP contribution in [0.25, 0.3) is 0 Å². The summed E-state index contributed by atoms with van der Waals surface area (Å²) in [7, 11) is 0. The van der Waals surface area contributed by atoms with Crippen LogP contribution in [-0.2, 0) is 0 Å². The van der Waals surface area contributed by atoms with Gasteiger partial charge in [-0.2, -0.15) is 0 Å². The van der Waals surface area contributed by atoms with E-state index in [0.717, 1.165) is 0 Å². The number of hydrogen-bond donors (Lipinski definition) is 0. The van der Waals surface area contributed by atoms with Crippen molar-refractivity contribution in [3.05, 3.63) is 34.3 Å². The zero-order valence-corrected chi connectivity index (χ0v) is 5.42. The molecule has 1 aromatic carbocycles. The van der Waals surface area contributed by atoms with E-state index >= 15 is 0 Å². The molecule has 0 N–H and O–H groups in total. The molecular formula is C6H2Cl2. The molecule has 0 aliphatic carbocycles. The summed E-state index contributed by atoms with van der Waals surface area (Å²) < 4.78 is 0. The summed E-state index contributed by atoms with van der Waals surface area (Å²) >= 11 is 11.0. The highest BCUT2D eigenvalue weighted by Gasteiger charge is 1.83. The minimum absolute atomic E-state index is 0.498. The molecule has 1 aromatic rings. The lowest BCUT2D eigenvalue weighted by Gasteiger charge is -1.80. The molecule has 0 aromatic heterocycles. The first-order valence-electron chi connectivity index (χ1n) is 2.03. The van der Waals surface area contributed by atoms with E-state index in [2.05, 4.69) is 12.1 Å². The summed E-state index contributed by atoms with van der Waals surface area (Å²) in [4.78, 5) is 0. The van der Waals surface area contributed by atoms with E-state index < -0.39 is 0 Å².